The number of hydrazone groups is 1. The van der Waals surface area contributed by atoms with Crippen molar-refractivity contribution in [2.75, 3.05) is 13.7 Å². The van der Waals surface area contributed by atoms with Crippen molar-refractivity contribution >= 4 is 12.1 Å². The molecule has 24 heavy (non-hydrogen) atoms. The Labute approximate surface area is 142 Å². The minimum absolute atomic E-state index is 0.323. The molecule has 0 aliphatic rings. The van der Waals surface area contributed by atoms with Gasteiger partial charge in [0.2, 0.25) is 0 Å². The molecule has 0 atom stereocenters. The van der Waals surface area contributed by atoms with E-state index in [9.17, 15) is 4.79 Å². The third-order valence-electron chi connectivity index (χ3n) is 3.17. The third kappa shape index (κ3) is 5.12. The van der Waals surface area contributed by atoms with Crippen molar-refractivity contribution in [1.82, 2.24) is 5.43 Å². The van der Waals surface area contributed by atoms with Crippen LogP contribution in [-0.2, 0) is 0 Å². The molecule has 2 rings (SSSR count). The largest absolute Gasteiger partial charge is 0.496 e. The molecule has 126 valence electrons. The van der Waals surface area contributed by atoms with Crippen LogP contribution in [0, 0.1) is 5.92 Å². The second-order valence-corrected chi connectivity index (χ2v) is 5.68. The van der Waals surface area contributed by atoms with Crippen molar-refractivity contribution in [2.45, 2.75) is 13.8 Å². The predicted molar refractivity (Wildman–Crippen MR) is 94.8 cm³/mol. The van der Waals surface area contributed by atoms with E-state index in [-0.39, 0.29) is 5.91 Å². The quantitative estimate of drug-likeness (QED) is 0.626. The highest BCUT2D eigenvalue weighted by Crippen LogP contribution is 2.17. The van der Waals surface area contributed by atoms with Crippen molar-refractivity contribution in [1.29, 1.82) is 0 Å². The fraction of sp³-hybridized carbons (Fsp3) is 0.263. The average molecular weight is 326 g/mol. The first kappa shape index (κ1) is 17.5. The van der Waals surface area contributed by atoms with Gasteiger partial charge in [-0.2, -0.15) is 5.10 Å². The number of rotatable bonds is 7. The molecule has 2 aromatic rings. The smallest absolute Gasteiger partial charge is 0.275 e. The molecule has 0 unspecified atom stereocenters. The van der Waals surface area contributed by atoms with Crippen LogP contribution >= 0.6 is 0 Å². The van der Waals surface area contributed by atoms with Gasteiger partial charge in [-0.15, -0.1) is 0 Å². The third-order valence-corrected chi connectivity index (χ3v) is 3.17. The number of ether oxygens (including phenoxy) is 2. The molecule has 0 aliphatic carbocycles. The standard InChI is InChI=1S/C19H22N2O3/c1-14(2)13-24-16-8-6-7-15(11-16)12-20-21-19(22)17-9-4-5-10-18(17)23-3/h4-12,14H,13H2,1-3H3,(H,21,22)/b20-12+. The van der Waals surface area contributed by atoms with Crippen LogP contribution in [0.15, 0.2) is 53.6 Å². The number of benzene rings is 2. The molecule has 2 aromatic carbocycles. The van der Waals surface area contributed by atoms with Gasteiger partial charge in [0, 0.05) is 0 Å². The fourth-order valence-electron chi connectivity index (χ4n) is 2.01. The van der Waals surface area contributed by atoms with Gasteiger partial charge in [-0.1, -0.05) is 38.1 Å². The topological polar surface area (TPSA) is 59.9 Å². The number of para-hydroxylation sites is 1. The average Bonchev–Trinajstić information content (AvgIpc) is 2.60. The molecule has 0 saturated carbocycles. The molecular weight excluding hydrogens is 304 g/mol. The number of hydrogen-bond acceptors (Lipinski definition) is 4. The summed E-state index contributed by atoms with van der Waals surface area (Å²) in [7, 11) is 1.53. The van der Waals surface area contributed by atoms with Crippen LogP contribution in [-0.4, -0.2) is 25.8 Å². The Morgan fingerprint density at radius 2 is 2.00 bits per heavy atom. The Kier molecular flexibility index (Phi) is 6.37. The van der Waals surface area contributed by atoms with E-state index in [1.807, 2.05) is 30.3 Å². The van der Waals surface area contributed by atoms with E-state index >= 15 is 0 Å². The number of carbonyl (C=O) groups is 1. The summed E-state index contributed by atoms with van der Waals surface area (Å²) < 4.78 is 10.8. The van der Waals surface area contributed by atoms with Crippen LogP contribution in [0.25, 0.3) is 0 Å². The fourth-order valence-corrected chi connectivity index (χ4v) is 2.01. The zero-order valence-electron chi connectivity index (χ0n) is 14.2. The van der Waals surface area contributed by atoms with E-state index in [2.05, 4.69) is 24.4 Å². The van der Waals surface area contributed by atoms with Gasteiger partial charge in [-0.3, -0.25) is 4.79 Å². The first-order chi connectivity index (χ1) is 11.6. The van der Waals surface area contributed by atoms with E-state index in [1.165, 1.54) is 7.11 Å². The van der Waals surface area contributed by atoms with Crippen LogP contribution < -0.4 is 14.9 Å². The summed E-state index contributed by atoms with van der Waals surface area (Å²) in [6.07, 6.45) is 1.58. The Morgan fingerprint density at radius 3 is 2.75 bits per heavy atom. The predicted octanol–water partition coefficient (Wildman–Crippen LogP) is 3.49. The number of nitrogens with zero attached hydrogens (tertiary/aromatic N) is 1. The second-order valence-electron chi connectivity index (χ2n) is 5.68. The molecule has 1 amide bonds. The van der Waals surface area contributed by atoms with Gasteiger partial charge in [0.05, 0.1) is 25.5 Å². The summed E-state index contributed by atoms with van der Waals surface area (Å²) in [5, 5.41) is 3.99. The van der Waals surface area contributed by atoms with Crippen LogP contribution in [0.3, 0.4) is 0 Å². The molecule has 0 aliphatic heterocycles. The van der Waals surface area contributed by atoms with Crippen molar-refractivity contribution in [3.63, 3.8) is 0 Å². The number of carbonyl (C=O) groups excluding carboxylic acids is 1. The van der Waals surface area contributed by atoms with Gasteiger partial charge in [0.25, 0.3) is 5.91 Å². The SMILES string of the molecule is COc1ccccc1C(=O)N/N=C/c1cccc(OCC(C)C)c1. The molecule has 1 N–H and O–H groups in total. The number of amides is 1. The molecule has 0 saturated heterocycles. The first-order valence-corrected chi connectivity index (χ1v) is 7.79. The lowest BCUT2D eigenvalue weighted by Gasteiger charge is -2.08. The molecule has 0 radical (unpaired) electrons. The van der Waals surface area contributed by atoms with Gasteiger partial charge in [0.15, 0.2) is 0 Å². The molecule has 0 heterocycles. The molecule has 5 nitrogen and oxygen atoms in total. The number of methoxy groups -OCH3 is 1. The molecular formula is C19H22N2O3. The maximum atomic E-state index is 12.1. The molecule has 0 aromatic heterocycles. The lowest BCUT2D eigenvalue weighted by Crippen LogP contribution is -2.18. The number of hydrogen-bond donors (Lipinski definition) is 1. The van der Waals surface area contributed by atoms with Gasteiger partial charge in [0.1, 0.15) is 11.5 Å². The Balaban J connectivity index is 1.98. The van der Waals surface area contributed by atoms with E-state index < -0.39 is 0 Å². The lowest BCUT2D eigenvalue weighted by molar-refractivity contribution is 0.0952. The highest BCUT2D eigenvalue weighted by atomic mass is 16.5. The monoisotopic (exact) mass is 326 g/mol. The van der Waals surface area contributed by atoms with Crippen molar-refractivity contribution in [3.8, 4) is 11.5 Å². The summed E-state index contributed by atoms with van der Waals surface area (Å²) in [5.74, 6) is 1.43. The van der Waals surface area contributed by atoms with E-state index in [0.717, 1.165) is 11.3 Å². The van der Waals surface area contributed by atoms with E-state index in [4.69, 9.17) is 9.47 Å². The van der Waals surface area contributed by atoms with Gasteiger partial charge in [-0.25, -0.2) is 5.43 Å². The second kappa shape index (κ2) is 8.72. The zero-order valence-corrected chi connectivity index (χ0v) is 14.2. The molecule has 5 heteroatoms. The van der Waals surface area contributed by atoms with Crippen LogP contribution in [0.2, 0.25) is 0 Å². The maximum Gasteiger partial charge on any atom is 0.275 e. The van der Waals surface area contributed by atoms with Crippen molar-refractivity contribution < 1.29 is 14.3 Å². The zero-order chi connectivity index (χ0) is 17.4. The summed E-state index contributed by atoms with van der Waals surface area (Å²) in [6, 6.07) is 14.5. The number of nitrogens with one attached hydrogen (secondary N) is 1. The van der Waals surface area contributed by atoms with Crippen LogP contribution in [0.4, 0.5) is 0 Å². The van der Waals surface area contributed by atoms with Gasteiger partial charge in [-0.05, 0) is 35.7 Å². The highest BCUT2D eigenvalue weighted by molar-refractivity contribution is 5.97. The van der Waals surface area contributed by atoms with E-state index in [0.29, 0.717) is 23.8 Å². The summed E-state index contributed by atoms with van der Waals surface area (Å²) in [4.78, 5) is 12.1. The normalized spacial score (nSPS) is 10.8. The van der Waals surface area contributed by atoms with Gasteiger partial charge < -0.3 is 9.47 Å². The minimum atomic E-state index is -0.323. The first-order valence-electron chi connectivity index (χ1n) is 7.79. The minimum Gasteiger partial charge on any atom is -0.496 e. The molecule has 0 fully saturated rings. The lowest BCUT2D eigenvalue weighted by atomic mass is 10.2. The maximum absolute atomic E-state index is 12.1. The summed E-state index contributed by atoms with van der Waals surface area (Å²) >= 11 is 0. The van der Waals surface area contributed by atoms with Gasteiger partial charge >= 0.3 is 0 Å². The summed E-state index contributed by atoms with van der Waals surface area (Å²) in [6.45, 7) is 4.85. The highest BCUT2D eigenvalue weighted by Gasteiger charge is 2.09. The Morgan fingerprint density at radius 1 is 1.21 bits per heavy atom. The Bertz CT molecular complexity index is 711. The molecule has 0 bridgehead atoms. The molecule has 0 spiro atoms. The summed E-state index contributed by atoms with van der Waals surface area (Å²) in [5.41, 5.74) is 3.78. The van der Waals surface area contributed by atoms with Crippen molar-refractivity contribution in [3.05, 3.63) is 59.7 Å². The van der Waals surface area contributed by atoms with E-state index in [1.54, 1.807) is 24.4 Å². The van der Waals surface area contributed by atoms with Crippen LogP contribution in [0.1, 0.15) is 29.8 Å². The van der Waals surface area contributed by atoms with Crippen LogP contribution in [0.5, 0.6) is 11.5 Å². The Hall–Kier alpha value is -2.82. The van der Waals surface area contributed by atoms with Crippen molar-refractivity contribution in [2.24, 2.45) is 11.0 Å².